The van der Waals surface area contributed by atoms with E-state index in [4.69, 9.17) is 9.47 Å². The molecule has 1 aromatic rings. The Morgan fingerprint density at radius 3 is 2.59 bits per heavy atom. The van der Waals surface area contributed by atoms with E-state index in [0.717, 1.165) is 24.0 Å². The third kappa shape index (κ3) is 2.72. The summed E-state index contributed by atoms with van der Waals surface area (Å²) in [5, 5.41) is 3.56. The Hall–Kier alpha value is -1.22. The zero-order valence-corrected chi connectivity index (χ0v) is 10.8. The van der Waals surface area contributed by atoms with Gasteiger partial charge in [0.15, 0.2) is 11.5 Å². The lowest BCUT2D eigenvalue weighted by Crippen LogP contribution is -2.30. The lowest BCUT2D eigenvalue weighted by Gasteiger charge is -2.28. The molecule has 0 unspecified atom stereocenters. The monoisotopic (exact) mass is 235 g/mol. The number of rotatable bonds is 3. The van der Waals surface area contributed by atoms with Crippen molar-refractivity contribution < 1.29 is 9.47 Å². The molecule has 0 amide bonds. The number of piperidine rings is 1. The number of hydrogen-bond acceptors (Lipinski definition) is 3. The van der Waals surface area contributed by atoms with Crippen LogP contribution in [0.5, 0.6) is 11.5 Å². The van der Waals surface area contributed by atoms with Crippen LogP contribution in [0.25, 0.3) is 0 Å². The van der Waals surface area contributed by atoms with Crippen molar-refractivity contribution in [2.45, 2.75) is 25.8 Å². The Morgan fingerprint density at radius 1 is 1.18 bits per heavy atom. The second kappa shape index (κ2) is 5.41. The maximum Gasteiger partial charge on any atom is 0.161 e. The molecule has 1 N–H and O–H groups in total. The van der Waals surface area contributed by atoms with Crippen molar-refractivity contribution >= 4 is 0 Å². The van der Waals surface area contributed by atoms with Crippen molar-refractivity contribution in [2.24, 2.45) is 5.92 Å². The molecule has 17 heavy (non-hydrogen) atoms. The number of methoxy groups -OCH3 is 2. The predicted molar refractivity (Wildman–Crippen MR) is 68.7 cm³/mol. The van der Waals surface area contributed by atoms with E-state index < -0.39 is 0 Å². The van der Waals surface area contributed by atoms with Gasteiger partial charge in [0.25, 0.3) is 0 Å². The van der Waals surface area contributed by atoms with Crippen LogP contribution in [0.2, 0.25) is 0 Å². The summed E-state index contributed by atoms with van der Waals surface area (Å²) in [6, 6.07) is 6.62. The van der Waals surface area contributed by atoms with Gasteiger partial charge in [-0.15, -0.1) is 0 Å². The first kappa shape index (κ1) is 12.2. The van der Waals surface area contributed by atoms with Gasteiger partial charge >= 0.3 is 0 Å². The number of benzene rings is 1. The molecule has 0 spiro atoms. The van der Waals surface area contributed by atoms with Gasteiger partial charge in [0, 0.05) is 6.04 Å². The molecule has 0 saturated carbocycles. The maximum atomic E-state index is 5.34. The quantitative estimate of drug-likeness (QED) is 0.874. The van der Waals surface area contributed by atoms with Gasteiger partial charge in [-0.05, 0) is 43.0 Å². The van der Waals surface area contributed by atoms with Crippen molar-refractivity contribution in [1.82, 2.24) is 5.32 Å². The molecule has 1 aromatic carbocycles. The van der Waals surface area contributed by atoms with Crippen LogP contribution >= 0.6 is 0 Å². The molecule has 0 radical (unpaired) electrons. The lowest BCUT2D eigenvalue weighted by atomic mass is 9.90. The van der Waals surface area contributed by atoms with Gasteiger partial charge in [0.2, 0.25) is 0 Å². The topological polar surface area (TPSA) is 30.5 Å². The first-order valence-corrected chi connectivity index (χ1v) is 6.20. The van der Waals surface area contributed by atoms with Crippen LogP contribution in [0.15, 0.2) is 18.2 Å². The fraction of sp³-hybridized carbons (Fsp3) is 0.571. The normalized spacial score (nSPS) is 24.4. The molecule has 1 heterocycles. The van der Waals surface area contributed by atoms with Crippen LogP contribution in [-0.2, 0) is 0 Å². The van der Waals surface area contributed by atoms with E-state index in [-0.39, 0.29) is 0 Å². The van der Waals surface area contributed by atoms with Crippen molar-refractivity contribution in [3.05, 3.63) is 23.8 Å². The minimum atomic E-state index is 0.443. The van der Waals surface area contributed by atoms with E-state index >= 15 is 0 Å². The molecule has 1 aliphatic heterocycles. The van der Waals surface area contributed by atoms with Crippen LogP contribution in [0, 0.1) is 5.92 Å². The molecular weight excluding hydrogens is 214 g/mol. The summed E-state index contributed by atoms with van der Waals surface area (Å²) >= 11 is 0. The van der Waals surface area contributed by atoms with Crippen LogP contribution < -0.4 is 14.8 Å². The summed E-state index contributed by atoms with van der Waals surface area (Å²) in [6.45, 7) is 3.41. The number of ether oxygens (including phenoxy) is 2. The van der Waals surface area contributed by atoms with Crippen molar-refractivity contribution in [3.8, 4) is 11.5 Å². The third-order valence-electron chi connectivity index (χ3n) is 3.48. The second-order valence-corrected chi connectivity index (χ2v) is 4.75. The highest BCUT2D eigenvalue weighted by Crippen LogP contribution is 2.33. The highest BCUT2D eigenvalue weighted by molar-refractivity contribution is 5.43. The summed E-state index contributed by atoms with van der Waals surface area (Å²) in [5.74, 6) is 2.39. The summed E-state index contributed by atoms with van der Waals surface area (Å²) in [4.78, 5) is 0. The van der Waals surface area contributed by atoms with Gasteiger partial charge in [-0.1, -0.05) is 13.0 Å². The zero-order valence-electron chi connectivity index (χ0n) is 10.8. The first-order chi connectivity index (χ1) is 8.24. The van der Waals surface area contributed by atoms with Gasteiger partial charge < -0.3 is 14.8 Å². The van der Waals surface area contributed by atoms with Gasteiger partial charge in [-0.2, -0.15) is 0 Å². The van der Waals surface area contributed by atoms with Gasteiger partial charge in [0.1, 0.15) is 0 Å². The predicted octanol–water partition coefficient (Wildman–Crippen LogP) is 2.76. The molecule has 2 rings (SSSR count). The van der Waals surface area contributed by atoms with Crippen LogP contribution in [-0.4, -0.2) is 20.8 Å². The second-order valence-electron chi connectivity index (χ2n) is 4.75. The summed E-state index contributed by atoms with van der Waals surface area (Å²) in [5.41, 5.74) is 1.29. The maximum absolute atomic E-state index is 5.34. The summed E-state index contributed by atoms with van der Waals surface area (Å²) < 4.78 is 10.6. The van der Waals surface area contributed by atoms with Crippen LogP contribution in [0.4, 0.5) is 0 Å². The molecule has 0 bridgehead atoms. The summed E-state index contributed by atoms with van der Waals surface area (Å²) in [7, 11) is 3.34. The fourth-order valence-electron chi connectivity index (χ4n) is 2.43. The smallest absolute Gasteiger partial charge is 0.161 e. The lowest BCUT2D eigenvalue weighted by molar-refractivity contribution is 0.322. The van der Waals surface area contributed by atoms with Gasteiger partial charge in [0.05, 0.1) is 14.2 Å². The van der Waals surface area contributed by atoms with E-state index in [1.54, 1.807) is 14.2 Å². The molecular formula is C14H21NO2. The third-order valence-corrected chi connectivity index (χ3v) is 3.48. The molecule has 1 aliphatic rings. The molecule has 2 atom stereocenters. The largest absolute Gasteiger partial charge is 0.493 e. The molecule has 1 fully saturated rings. The zero-order chi connectivity index (χ0) is 12.3. The number of hydrogen-bond donors (Lipinski definition) is 1. The Bertz CT molecular complexity index is 378. The molecule has 3 nitrogen and oxygen atoms in total. The van der Waals surface area contributed by atoms with Crippen molar-refractivity contribution in [1.29, 1.82) is 0 Å². The SMILES string of the molecule is COc1ccc([C@H]2C[C@@H](C)CCN2)cc1OC. The van der Waals surface area contributed by atoms with Crippen LogP contribution in [0.1, 0.15) is 31.4 Å². The van der Waals surface area contributed by atoms with Crippen molar-refractivity contribution in [2.75, 3.05) is 20.8 Å². The van der Waals surface area contributed by atoms with Crippen molar-refractivity contribution in [3.63, 3.8) is 0 Å². The Morgan fingerprint density at radius 2 is 1.94 bits per heavy atom. The van der Waals surface area contributed by atoms with Gasteiger partial charge in [-0.3, -0.25) is 0 Å². The average molecular weight is 235 g/mol. The van der Waals surface area contributed by atoms with E-state index in [1.807, 2.05) is 6.07 Å². The van der Waals surface area contributed by atoms with E-state index in [0.29, 0.717) is 6.04 Å². The Kier molecular flexibility index (Phi) is 3.89. The molecule has 1 saturated heterocycles. The average Bonchev–Trinajstić information content (AvgIpc) is 2.38. The highest BCUT2D eigenvalue weighted by atomic mass is 16.5. The fourth-order valence-corrected chi connectivity index (χ4v) is 2.43. The van der Waals surface area contributed by atoms with E-state index in [2.05, 4.69) is 24.4 Å². The van der Waals surface area contributed by atoms with Crippen LogP contribution in [0.3, 0.4) is 0 Å². The molecule has 0 aliphatic carbocycles. The van der Waals surface area contributed by atoms with E-state index in [1.165, 1.54) is 18.4 Å². The Labute approximate surface area is 103 Å². The van der Waals surface area contributed by atoms with Gasteiger partial charge in [-0.25, -0.2) is 0 Å². The highest BCUT2D eigenvalue weighted by Gasteiger charge is 2.20. The minimum Gasteiger partial charge on any atom is -0.493 e. The molecule has 94 valence electrons. The molecule has 0 aromatic heterocycles. The first-order valence-electron chi connectivity index (χ1n) is 6.20. The summed E-state index contributed by atoms with van der Waals surface area (Å²) in [6.07, 6.45) is 2.46. The molecule has 3 heteroatoms. The number of nitrogens with one attached hydrogen (secondary N) is 1. The standard InChI is InChI=1S/C14H21NO2/c1-10-6-7-15-12(8-10)11-4-5-13(16-2)14(9-11)17-3/h4-5,9-10,12,15H,6-8H2,1-3H3/t10-,12+/m0/s1. The minimum absolute atomic E-state index is 0.443. The Balaban J connectivity index is 2.20. The van der Waals surface area contributed by atoms with E-state index in [9.17, 15) is 0 Å².